The van der Waals surface area contributed by atoms with Crippen molar-refractivity contribution in [1.82, 2.24) is 4.98 Å². The highest BCUT2D eigenvalue weighted by Gasteiger charge is 2.28. The molecule has 1 aromatic heterocycles. The number of hydrogen-bond donors (Lipinski definition) is 0. The Bertz CT molecular complexity index is 855. The maximum atomic E-state index is 6.18. The fourth-order valence-corrected chi connectivity index (χ4v) is 2.59. The van der Waals surface area contributed by atoms with Crippen LogP contribution in [0.4, 0.5) is 0 Å². The van der Waals surface area contributed by atoms with Crippen molar-refractivity contribution in [3.05, 3.63) is 87.7 Å². The molecule has 0 saturated heterocycles. The van der Waals surface area contributed by atoms with Gasteiger partial charge in [-0.3, -0.25) is 4.98 Å². The minimum atomic E-state index is -0.996. The van der Waals surface area contributed by atoms with E-state index in [-0.39, 0.29) is 6.61 Å². The number of rotatable bonds is 7. The van der Waals surface area contributed by atoms with E-state index in [4.69, 9.17) is 37.2 Å². The monoisotopic (exact) mass is 401 g/mol. The van der Waals surface area contributed by atoms with Crippen LogP contribution in [0.5, 0.6) is 11.5 Å². The van der Waals surface area contributed by atoms with Gasteiger partial charge in [0.05, 0.1) is 12.3 Å². The molecule has 0 aliphatic heterocycles. The first-order valence-electron chi connectivity index (χ1n) is 8.38. The Morgan fingerprint density at radius 3 is 1.93 bits per heavy atom. The van der Waals surface area contributed by atoms with Crippen LogP contribution in [0.3, 0.4) is 0 Å². The molecule has 0 spiro atoms. The Hall–Kier alpha value is -2.21. The largest absolute Gasteiger partial charge is 0.788 e. The van der Waals surface area contributed by atoms with Crippen molar-refractivity contribution in [3.63, 3.8) is 0 Å². The van der Waals surface area contributed by atoms with Gasteiger partial charge in [-0.2, -0.15) is 0 Å². The predicted octanol–water partition coefficient (Wildman–Crippen LogP) is 5.66. The van der Waals surface area contributed by atoms with Gasteiger partial charge in [-0.05, 0) is 61.4 Å². The SMILES string of the molecule is Cc1ccc(OB(OCc2ccccn2)Oc2ccc(C)c(Cl)c2)cc1Cl. The minimum absolute atomic E-state index is 0.227. The van der Waals surface area contributed by atoms with Crippen LogP contribution < -0.4 is 9.31 Å². The summed E-state index contributed by atoms with van der Waals surface area (Å²) >= 11 is 12.4. The van der Waals surface area contributed by atoms with Gasteiger partial charge < -0.3 is 14.0 Å². The standard InChI is InChI=1S/C20H18BCl2NO3/c1-14-6-8-17(11-19(14)22)26-21(25-13-16-5-3-4-10-24-16)27-18-9-7-15(2)20(23)12-18/h3-12H,13H2,1-2H3. The molecule has 27 heavy (non-hydrogen) atoms. The van der Waals surface area contributed by atoms with E-state index < -0.39 is 7.32 Å². The van der Waals surface area contributed by atoms with E-state index in [2.05, 4.69) is 4.98 Å². The van der Waals surface area contributed by atoms with Crippen LogP contribution in [0.15, 0.2) is 60.8 Å². The summed E-state index contributed by atoms with van der Waals surface area (Å²) < 4.78 is 17.5. The Balaban J connectivity index is 1.76. The average molecular weight is 402 g/mol. The molecule has 0 radical (unpaired) electrons. The van der Waals surface area contributed by atoms with Crippen LogP contribution >= 0.6 is 23.2 Å². The van der Waals surface area contributed by atoms with E-state index in [0.717, 1.165) is 16.8 Å². The molecule has 0 atom stereocenters. The van der Waals surface area contributed by atoms with Crippen molar-refractivity contribution in [3.8, 4) is 11.5 Å². The van der Waals surface area contributed by atoms with Gasteiger partial charge in [0.2, 0.25) is 0 Å². The van der Waals surface area contributed by atoms with Gasteiger partial charge in [-0.25, -0.2) is 0 Å². The highest BCUT2D eigenvalue weighted by Crippen LogP contribution is 2.25. The number of aromatic nitrogens is 1. The molecule has 0 unspecified atom stereocenters. The molecule has 0 aliphatic carbocycles. The molecular formula is C20H18BCl2NO3. The maximum absolute atomic E-state index is 6.18. The summed E-state index contributed by atoms with van der Waals surface area (Å²) in [6.45, 7) is 4.07. The Morgan fingerprint density at radius 2 is 1.44 bits per heavy atom. The van der Waals surface area contributed by atoms with Crippen molar-refractivity contribution in [2.75, 3.05) is 0 Å². The van der Waals surface area contributed by atoms with Crippen molar-refractivity contribution < 1.29 is 14.0 Å². The topological polar surface area (TPSA) is 40.6 Å². The van der Waals surface area contributed by atoms with Gasteiger partial charge in [0.15, 0.2) is 0 Å². The lowest BCUT2D eigenvalue weighted by Gasteiger charge is -2.17. The molecule has 7 heteroatoms. The molecule has 3 aromatic rings. The van der Waals surface area contributed by atoms with Crippen molar-refractivity contribution in [2.45, 2.75) is 20.5 Å². The van der Waals surface area contributed by atoms with Crippen molar-refractivity contribution >= 4 is 30.5 Å². The normalized spacial score (nSPS) is 10.5. The number of nitrogens with zero attached hydrogens (tertiary/aromatic N) is 1. The van der Waals surface area contributed by atoms with Crippen LogP contribution in [0, 0.1) is 13.8 Å². The average Bonchev–Trinajstić information content (AvgIpc) is 2.66. The van der Waals surface area contributed by atoms with E-state index in [0.29, 0.717) is 21.5 Å². The molecule has 3 rings (SSSR count). The Morgan fingerprint density at radius 1 is 0.852 bits per heavy atom. The van der Waals surface area contributed by atoms with E-state index in [9.17, 15) is 0 Å². The first-order valence-corrected chi connectivity index (χ1v) is 9.14. The lowest BCUT2D eigenvalue weighted by Crippen LogP contribution is -2.33. The second-order valence-electron chi connectivity index (χ2n) is 5.98. The second-order valence-corrected chi connectivity index (χ2v) is 6.79. The molecule has 138 valence electrons. The molecule has 0 N–H and O–H groups in total. The maximum Gasteiger partial charge on any atom is 0.788 e. The molecule has 0 saturated carbocycles. The lowest BCUT2D eigenvalue weighted by atomic mass is 10.1. The zero-order chi connectivity index (χ0) is 19.2. The molecule has 0 aliphatic rings. The summed E-state index contributed by atoms with van der Waals surface area (Å²) in [5, 5.41) is 1.21. The third-order valence-corrected chi connectivity index (χ3v) is 4.66. The summed E-state index contributed by atoms with van der Waals surface area (Å²) in [6.07, 6.45) is 1.70. The van der Waals surface area contributed by atoms with Crippen LogP contribution in [0.25, 0.3) is 0 Å². The fraction of sp³-hybridized carbons (Fsp3) is 0.150. The fourth-order valence-electron chi connectivity index (χ4n) is 2.25. The third-order valence-electron chi connectivity index (χ3n) is 3.84. The van der Waals surface area contributed by atoms with Gasteiger partial charge >= 0.3 is 7.32 Å². The molecular weight excluding hydrogens is 384 g/mol. The van der Waals surface area contributed by atoms with Gasteiger partial charge in [-0.15, -0.1) is 0 Å². The van der Waals surface area contributed by atoms with Gasteiger partial charge in [-0.1, -0.05) is 41.4 Å². The second kappa shape index (κ2) is 9.13. The molecule has 2 aromatic carbocycles. The summed E-state index contributed by atoms with van der Waals surface area (Å²) in [6, 6.07) is 16.4. The zero-order valence-corrected chi connectivity index (χ0v) is 16.5. The molecule has 0 bridgehead atoms. The van der Waals surface area contributed by atoms with Gasteiger partial charge in [0.25, 0.3) is 0 Å². The van der Waals surface area contributed by atoms with E-state index in [1.165, 1.54) is 0 Å². The smallest absolute Gasteiger partial charge is 0.501 e. The zero-order valence-electron chi connectivity index (χ0n) is 15.0. The number of pyridine rings is 1. The van der Waals surface area contributed by atoms with E-state index in [1.54, 1.807) is 18.3 Å². The predicted molar refractivity (Wildman–Crippen MR) is 108 cm³/mol. The molecule has 0 fully saturated rings. The van der Waals surface area contributed by atoms with Crippen LogP contribution in [-0.2, 0) is 11.3 Å². The van der Waals surface area contributed by atoms with E-state index >= 15 is 0 Å². The molecule has 0 amide bonds. The summed E-state index contributed by atoms with van der Waals surface area (Å²) in [4.78, 5) is 4.24. The van der Waals surface area contributed by atoms with Crippen molar-refractivity contribution in [2.24, 2.45) is 0 Å². The van der Waals surface area contributed by atoms with Crippen LogP contribution in [0.2, 0.25) is 10.0 Å². The minimum Gasteiger partial charge on any atom is -0.501 e. The lowest BCUT2D eigenvalue weighted by molar-refractivity contribution is 0.189. The van der Waals surface area contributed by atoms with Crippen LogP contribution in [-0.4, -0.2) is 12.3 Å². The first kappa shape index (κ1) is 19.6. The molecule has 1 heterocycles. The van der Waals surface area contributed by atoms with E-state index in [1.807, 2.05) is 56.3 Å². The summed E-state index contributed by atoms with van der Waals surface area (Å²) in [5.74, 6) is 1.07. The highest BCUT2D eigenvalue weighted by molar-refractivity contribution is 6.38. The van der Waals surface area contributed by atoms with Gasteiger partial charge in [0.1, 0.15) is 11.5 Å². The Labute approximate surface area is 169 Å². The first-order chi connectivity index (χ1) is 13.0. The Kier molecular flexibility index (Phi) is 6.61. The molecule has 4 nitrogen and oxygen atoms in total. The summed E-state index contributed by atoms with van der Waals surface area (Å²) in [7, 11) is -0.996. The summed E-state index contributed by atoms with van der Waals surface area (Å²) in [5.41, 5.74) is 2.68. The van der Waals surface area contributed by atoms with Crippen LogP contribution in [0.1, 0.15) is 16.8 Å². The quantitative estimate of drug-likeness (QED) is 0.478. The number of halogens is 2. The number of benzene rings is 2. The number of hydrogen-bond acceptors (Lipinski definition) is 4. The van der Waals surface area contributed by atoms with Gasteiger partial charge in [0, 0.05) is 16.2 Å². The highest BCUT2D eigenvalue weighted by atomic mass is 35.5. The third kappa shape index (κ3) is 5.63. The van der Waals surface area contributed by atoms with Crippen molar-refractivity contribution in [1.29, 1.82) is 0 Å². The number of aryl methyl sites for hydroxylation is 2.